The molecule has 1 unspecified atom stereocenters. The highest BCUT2D eigenvalue weighted by molar-refractivity contribution is 6.27. The zero-order valence-electron chi connectivity index (χ0n) is 31.9. The summed E-state index contributed by atoms with van der Waals surface area (Å²) in [6, 6.07) is 47.4. The van der Waals surface area contributed by atoms with Gasteiger partial charge in [0.1, 0.15) is 0 Å². The minimum atomic E-state index is -0.126. The van der Waals surface area contributed by atoms with Gasteiger partial charge in [0.2, 0.25) is 0 Å². The van der Waals surface area contributed by atoms with Crippen molar-refractivity contribution < 1.29 is 0 Å². The maximum Gasteiger partial charge on any atom is 0.0967 e. The van der Waals surface area contributed by atoms with E-state index in [1.54, 1.807) is 0 Å². The molecule has 0 bridgehead atoms. The van der Waals surface area contributed by atoms with Crippen molar-refractivity contribution >= 4 is 71.5 Å². The van der Waals surface area contributed by atoms with Crippen LogP contribution in [0, 0.1) is 0 Å². The van der Waals surface area contributed by atoms with Crippen LogP contribution in [0.1, 0.15) is 47.7 Å². The van der Waals surface area contributed by atoms with Gasteiger partial charge < -0.3 is 0 Å². The molecule has 2 aliphatic carbocycles. The Labute approximate surface area is 337 Å². The molecule has 274 valence electrons. The normalized spacial score (nSPS) is 15.3. The Hall–Kier alpha value is -7.30. The second-order valence-corrected chi connectivity index (χ2v) is 15.2. The topological polar surface area (TPSA) is 51.0 Å². The highest BCUT2D eigenvalue weighted by Gasteiger charge is 2.25. The van der Waals surface area contributed by atoms with E-state index in [0.29, 0.717) is 0 Å². The number of aliphatic imine (C=N–C) groups is 1. The number of allylic oxidation sites excluding steroid dienone is 5. The van der Waals surface area contributed by atoms with Gasteiger partial charge in [-0.2, -0.15) is 0 Å². The van der Waals surface area contributed by atoms with E-state index in [9.17, 15) is 0 Å². The van der Waals surface area contributed by atoms with Crippen LogP contribution in [0.15, 0.2) is 182 Å². The van der Waals surface area contributed by atoms with Crippen LogP contribution in [0.5, 0.6) is 0 Å². The fraction of sp³-hybridized carbons (Fsp3) is 0.0741. The first kappa shape index (κ1) is 34.0. The molecular formula is C54H38N4. The van der Waals surface area contributed by atoms with Crippen LogP contribution in [0.2, 0.25) is 0 Å². The van der Waals surface area contributed by atoms with Crippen LogP contribution < -0.4 is 0 Å². The summed E-state index contributed by atoms with van der Waals surface area (Å²) in [4.78, 5) is 20.2. The number of para-hydroxylation sites is 1. The van der Waals surface area contributed by atoms with E-state index < -0.39 is 0 Å². The van der Waals surface area contributed by atoms with Crippen molar-refractivity contribution in [3.8, 4) is 22.5 Å². The summed E-state index contributed by atoms with van der Waals surface area (Å²) < 4.78 is 0. The summed E-state index contributed by atoms with van der Waals surface area (Å²) in [6.45, 7) is 4.27. The molecule has 3 aromatic heterocycles. The highest BCUT2D eigenvalue weighted by atomic mass is 14.9. The largest absolute Gasteiger partial charge is 0.275 e. The van der Waals surface area contributed by atoms with Crippen LogP contribution in [0.3, 0.4) is 0 Å². The SMILES string of the molecule is C=CC(=NC1CC=Cc2c1nc1ccccc1c2C1=CCCC=C1)c1ccc2c3ccc(-c4ccc5ccc(-c6ccccn6)nc5c4)cc3c3ccccc3c2c1. The second kappa shape index (κ2) is 14.0. The van der Waals surface area contributed by atoms with Crippen molar-refractivity contribution in [3.05, 3.63) is 199 Å². The Morgan fingerprint density at radius 1 is 0.603 bits per heavy atom. The number of pyridine rings is 3. The number of hydrogen-bond acceptors (Lipinski definition) is 4. The first-order valence-corrected chi connectivity index (χ1v) is 20.1. The molecule has 58 heavy (non-hydrogen) atoms. The molecule has 0 saturated carbocycles. The first-order chi connectivity index (χ1) is 28.7. The maximum atomic E-state index is 5.44. The molecule has 1 atom stereocenters. The lowest BCUT2D eigenvalue weighted by Gasteiger charge is -2.23. The quantitative estimate of drug-likeness (QED) is 0.126. The van der Waals surface area contributed by atoms with Gasteiger partial charge in [0.15, 0.2) is 0 Å². The van der Waals surface area contributed by atoms with Gasteiger partial charge in [0, 0.05) is 28.1 Å². The Morgan fingerprint density at radius 2 is 1.34 bits per heavy atom. The summed E-state index contributed by atoms with van der Waals surface area (Å²) in [5, 5.41) is 9.58. The van der Waals surface area contributed by atoms with E-state index in [0.717, 1.165) is 75.2 Å². The molecule has 0 radical (unpaired) electrons. The third-order valence-electron chi connectivity index (χ3n) is 11.8. The molecule has 0 fully saturated rings. The van der Waals surface area contributed by atoms with Crippen molar-refractivity contribution in [2.24, 2.45) is 4.99 Å². The number of fused-ring (bicyclic) bond motifs is 9. The molecule has 0 saturated heterocycles. The minimum Gasteiger partial charge on any atom is -0.275 e. The minimum absolute atomic E-state index is 0.126. The monoisotopic (exact) mass is 742 g/mol. The predicted octanol–water partition coefficient (Wildman–Crippen LogP) is 13.8. The van der Waals surface area contributed by atoms with Crippen molar-refractivity contribution in [2.45, 2.75) is 25.3 Å². The third-order valence-corrected chi connectivity index (χ3v) is 11.8. The maximum absolute atomic E-state index is 5.44. The van der Waals surface area contributed by atoms with Crippen LogP contribution >= 0.6 is 0 Å². The molecule has 6 aromatic carbocycles. The van der Waals surface area contributed by atoms with Gasteiger partial charge >= 0.3 is 0 Å². The second-order valence-electron chi connectivity index (χ2n) is 15.2. The molecule has 11 rings (SSSR count). The molecule has 4 nitrogen and oxygen atoms in total. The highest BCUT2D eigenvalue weighted by Crippen LogP contribution is 2.41. The first-order valence-electron chi connectivity index (χ1n) is 20.1. The summed E-state index contributed by atoms with van der Waals surface area (Å²) in [5.74, 6) is 0. The number of nitrogens with zero attached hydrogens (tertiary/aromatic N) is 4. The molecule has 2 aliphatic rings. The lowest BCUT2D eigenvalue weighted by molar-refractivity contribution is 0.712. The van der Waals surface area contributed by atoms with Gasteiger partial charge in [-0.15, -0.1) is 0 Å². The summed E-state index contributed by atoms with van der Waals surface area (Å²) in [7, 11) is 0. The van der Waals surface area contributed by atoms with Gasteiger partial charge in [-0.25, -0.2) is 9.97 Å². The van der Waals surface area contributed by atoms with Crippen molar-refractivity contribution in [1.82, 2.24) is 15.0 Å². The van der Waals surface area contributed by atoms with E-state index in [2.05, 4.69) is 151 Å². The Bertz CT molecular complexity index is 3260. The predicted molar refractivity (Wildman–Crippen MR) is 244 cm³/mol. The van der Waals surface area contributed by atoms with Gasteiger partial charge in [0.05, 0.1) is 39.9 Å². The van der Waals surface area contributed by atoms with Crippen molar-refractivity contribution in [3.63, 3.8) is 0 Å². The van der Waals surface area contributed by atoms with E-state index in [-0.39, 0.29) is 6.04 Å². The zero-order chi connectivity index (χ0) is 38.6. The summed E-state index contributed by atoms with van der Waals surface area (Å²) >= 11 is 0. The van der Waals surface area contributed by atoms with E-state index in [1.807, 2.05) is 36.5 Å². The van der Waals surface area contributed by atoms with Gasteiger partial charge in [-0.3, -0.25) is 9.98 Å². The van der Waals surface area contributed by atoms with Crippen molar-refractivity contribution in [1.29, 1.82) is 0 Å². The summed E-state index contributed by atoms with van der Waals surface area (Å²) in [5.41, 5.74) is 12.6. The molecule has 0 amide bonds. The van der Waals surface area contributed by atoms with Crippen LogP contribution in [-0.2, 0) is 0 Å². The molecule has 3 heterocycles. The Morgan fingerprint density at radius 3 is 2.16 bits per heavy atom. The number of aromatic nitrogens is 3. The Balaban J connectivity index is 1.01. The van der Waals surface area contributed by atoms with Crippen LogP contribution in [-0.4, -0.2) is 20.7 Å². The van der Waals surface area contributed by atoms with E-state index in [1.165, 1.54) is 54.4 Å². The molecule has 0 aliphatic heterocycles. The summed E-state index contributed by atoms with van der Waals surface area (Å²) in [6.07, 6.45) is 18.0. The molecule has 4 heteroatoms. The van der Waals surface area contributed by atoms with Gasteiger partial charge in [-0.05, 0) is 122 Å². The smallest absolute Gasteiger partial charge is 0.0967 e. The molecule has 9 aromatic rings. The molecule has 0 N–H and O–H groups in total. The van der Waals surface area contributed by atoms with E-state index >= 15 is 0 Å². The molecular weight excluding hydrogens is 705 g/mol. The van der Waals surface area contributed by atoms with Crippen LogP contribution in [0.25, 0.3) is 88.3 Å². The fourth-order valence-corrected chi connectivity index (χ4v) is 8.98. The lowest BCUT2D eigenvalue weighted by Crippen LogP contribution is -2.11. The average molecular weight is 743 g/mol. The zero-order valence-corrected chi connectivity index (χ0v) is 31.9. The van der Waals surface area contributed by atoms with Crippen LogP contribution in [0.4, 0.5) is 0 Å². The molecule has 0 spiro atoms. The van der Waals surface area contributed by atoms with Gasteiger partial charge in [0.25, 0.3) is 0 Å². The Kier molecular flexibility index (Phi) is 8.21. The lowest BCUT2D eigenvalue weighted by atomic mass is 9.86. The average Bonchev–Trinajstić information content (AvgIpc) is 3.30. The fourth-order valence-electron chi connectivity index (χ4n) is 8.98. The van der Waals surface area contributed by atoms with E-state index in [4.69, 9.17) is 15.0 Å². The standard InChI is InChI=1S/C54H38N4/c1-2-47(56-51-21-12-18-44-53(35-13-4-3-5-14-35)43-17-8-9-19-48(43)58-54(44)51)38-25-28-42-41-27-24-36(31-45(41)39-15-6-7-16-40(39)46(42)32-38)37-23-22-34-26-29-50(57-52(34)33-37)49-20-10-11-30-55-49/h2,4,6-20,22-33,51H,1,3,5,21H2. The number of rotatable bonds is 6. The number of benzene rings is 6. The third kappa shape index (κ3) is 5.76. The van der Waals surface area contributed by atoms with Gasteiger partial charge in [-0.1, -0.05) is 128 Å². The van der Waals surface area contributed by atoms with Crippen molar-refractivity contribution in [2.75, 3.05) is 0 Å². The number of hydrogen-bond donors (Lipinski definition) is 0.